The van der Waals surface area contributed by atoms with Crippen molar-refractivity contribution in [3.8, 4) is 0 Å². The van der Waals surface area contributed by atoms with E-state index in [2.05, 4.69) is 31.2 Å². The minimum Gasteiger partial charge on any atom is -0.0874 e. The molecule has 0 aromatic heterocycles. The van der Waals surface area contributed by atoms with Crippen LogP contribution in [0.3, 0.4) is 0 Å². The monoisotopic (exact) mass is 204 g/mol. The third kappa shape index (κ3) is 2.66. The molecule has 11 heavy (non-hydrogen) atoms. The Hall–Kier alpha value is 0.290. The van der Waals surface area contributed by atoms with Crippen molar-refractivity contribution in [2.24, 2.45) is 0 Å². The first-order valence-electron chi connectivity index (χ1n) is 3.49. The second-order valence-corrected chi connectivity index (χ2v) is 5.40. The highest BCUT2D eigenvalue weighted by Crippen LogP contribution is 2.41. The SMILES string of the molecule is CCc1ccccc1SPCl. The lowest BCUT2D eigenvalue weighted by molar-refractivity contribution is 1.08. The van der Waals surface area contributed by atoms with Crippen LogP contribution < -0.4 is 0 Å². The molecular formula is C8H10ClPS. The Kier molecular flexibility index (Phi) is 4.29. The van der Waals surface area contributed by atoms with Gasteiger partial charge in [-0.2, -0.15) is 0 Å². The van der Waals surface area contributed by atoms with Crippen molar-refractivity contribution in [2.45, 2.75) is 18.2 Å². The van der Waals surface area contributed by atoms with E-state index in [1.807, 2.05) is 0 Å². The molecule has 0 aliphatic heterocycles. The lowest BCUT2D eigenvalue weighted by Gasteiger charge is -2.03. The van der Waals surface area contributed by atoms with Crippen molar-refractivity contribution < 1.29 is 0 Å². The number of hydrogen-bond acceptors (Lipinski definition) is 1. The van der Waals surface area contributed by atoms with E-state index < -0.39 is 0 Å². The summed E-state index contributed by atoms with van der Waals surface area (Å²) in [6.07, 6.45) is 1.09. The molecule has 0 spiro atoms. The summed E-state index contributed by atoms with van der Waals surface area (Å²) in [5.74, 6) is 0. The minimum atomic E-state index is 0.424. The summed E-state index contributed by atoms with van der Waals surface area (Å²) in [5.41, 5.74) is 1.39. The van der Waals surface area contributed by atoms with E-state index in [0.717, 1.165) is 6.42 Å². The van der Waals surface area contributed by atoms with Crippen molar-refractivity contribution in [3.05, 3.63) is 29.8 Å². The normalized spacial score (nSPS) is 11.1. The second-order valence-electron chi connectivity index (χ2n) is 2.14. The van der Waals surface area contributed by atoms with Gasteiger partial charge in [-0.3, -0.25) is 0 Å². The lowest BCUT2D eigenvalue weighted by Crippen LogP contribution is -1.80. The zero-order chi connectivity index (χ0) is 8.10. The zero-order valence-electron chi connectivity index (χ0n) is 6.30. The molecule has 0 heterocycles. The van der Waals surface area contributed by atoms with Crippen LogP contribution in [-0.4, -0.2) is 0 Å². The number of benzene rings is 1. The molecule has 0 aliphatic rings. The third-order valence-corrected chi connectivity index (χ3v) is 3.78. The highest BCUT2D eigenvalue weighted by Gasteiger charge is 1.97. The van der Waals surface area contributed by atoms with Gasteiger partial charge in [0.2, 0.25) is 0 Å². The van der Waals surface area contributed by atoms with E-state index in [1.165, 1.54) is 10.5 Å². The summed E-state index contributed by atoms with van der Waals surface area (Å²) in [6, 6.07) is 8.40. The molecule has 1 rings (SSSR count). The van der Waals surface area contributed by atoms with E-state index >= 15 is 0 Å². The number of aryl methyl sites for hydroxylation is 1. The average molecular weight is 205 g/mol. The molecule has 0 fully saturated rings. The minimum absolute atomic E-state index is 0.424. The van der Waals surface area contributed by atoms with Gasteiger partial charge in [-0.05, 0) is 18.1 Å². The van der Waals surface area contributed by atoms with Gasteiger partial charge < -0.3 is 0 Å². The summed E-state index contributed by atoms with van der Waals surface area (Å²) in [5, 5.41) is 0. The molecular weight excluding hydrogens is 195 g/mol. The highest BCUT2D eigenvalue weighted by molar-refractivity contribution is 8.56. The number of halogens is 1. The van der Waals surface area contributed by atoms with Gasteiger partial charge in [0.25, 0.3) is 0 Å². The van der Waals surface area contributed by atoms with Gasteiger partial charge in [-0.15, -0.1) is 0 Å². The Labute approximate surface area is 78.0 Å². The van der Waals surface area contributed by atoms with Gasteiger partial charge in [0.1, 0.15) is 0 Å². The van der Waals surface area contributed by atoms with E-state index in [9.17, 15) is 0 Å². The van der Waals surface area contributed by atoms with Crippen LogP contribution in [0.4, 0.5) is 0 Å². The molecule has 1 unspecified atom stereocenters. The zero-order valence-corrected chi connectivity index (χ0v) is 8.88. The van der Waals surface area contributed by atoms with Gasteiger partial charge in [-0.25, -0.2) is 0 Å². The van der Waals surface area contributed by atoms with Crippen LogP contribution in [0.25, 0.3) is 0 Å². The van der Waals surface area contributed by atoms with Crippen LogP contribution in [0, 0.1) is 0 Å². The Bertz CT molecular complexity index is 227. The molecule has 0 bridgehead atoms. The molecule has 0 aliphatic carbocycles. The Morgan fingerprint density at radius 3 is 2.82 bits per heavy atom. The number of hydrogen-bond donors (Lipinski definition) is 0. The maximum atomic E-state index is 5.66. The first-order valence-corrected chi connectivity index (χ1v) is 7.04. The van der Waals surface area contributed by atoms with Crippen molar-refractivity contribution >= 4 is 29.8 Å². The molecule has 60 valence electrons. The quantitative estimate of drug-likeness (QED) is 0.669. The van der Waals surface area contributed by atoms with Gasteiger partial charge in [-0.1, -0.05) is 47.7 Å². The van der Waals surface area contributed by atoms with E-state index in [0.29, 0.717) is 7.14 Å². The smallest absolute Gasteiger partial charge is 0.0401 e. The van der Waals surface area contributed by atoms with E-state index in [-0.39, 0.29) is 0 Å². The highest BCUT2D eigenvalue weighted by atomic mass is 35.7. The molecule has 1 aromatic carbocycles. The summed E-state index contributed by atoms with van der Waals surface area (Å²) >= 11 is 7.38. The van der Waals surface area contributed by atoms with Gasteiger partial charge in [0.15, 0.2) is 0 Å². The van der Waals surface area contributed by atoms with E-state index in [1.54, 1.807) is 11.4 Å². The van der Waals surface area contributed by atoms with Crippen LogP contribution in [0.2, 0.25) is 0 Å². The molecule has 0 radical (unpaired) electrons. The fourth-order valence-corrected chi connectivity index (χ4v) is 3.11. The topological polar surface area (TPSA) is 0 Å². The molecule has 0 saturated heterocycles. The van der Waals surface area contributed by atoms with Crippen molar-refractivity contribution in [2.75, 3.05) is 0 Å². The van der Waals surface area contributed by atoms with Crippen LogP contribution in [0.5, 0.6) is 0 Å². The largest absolute Gasteiger partial charge is 0.0874 e. The first kappa shape index (κ1) is 9.38. The molecule has 0 amide bonds. The maximum Gasteiger partial charge on any atom is 0.0401 e. The molecule has 0 saturated carbocycles. The number of rotatable bonds is 3. The van der Waals surface area contributed by atoms with Crippen LogP contribution in [0.1, 0.15) is 12.5 Å². The molecule has 0 nitrogen and oxygen atoms in total. The van der Waals surface area contributed by atoms with Crippen molar-refractivity contribution in [1.82, 2.24) is 0 Å². The molecule has 1 aromatic rings. The Morgan fingerprint density at radius 1 is 1.45 bits per heavy atom. The van der Waals surface area contributed by atoms with Crippen LogP contribution in [-0.2, 0) is 6.42 Å². The van der Waals surface area contributed by atoms with Gasteiger partial charge in [0, 0.05) is 12.0 Å². The summed E-state index contributed by atoms with van der Waals surface area (Å²) in [4.78, 5) is 1.32. The average Bonchev–Trinajstić information content (AvgIpc) is 2.06. The maximum absolute atomic E-state index is 5.66. The van der Waals surface area contributed by atoms with Crippen LogP contribution >= 0.6 is 29.8 Å². The fourth-order valence-electron chi connectivity index (χ4n) is 0.937. The summed E-state index contributed by atoms with van der Waals surface area (Å²) in [6.45, 7) is 2.16. The van der Waals surface area contributed by atoms with Crippen LogP contribution in [0.15, 0.2) is 29.2 Å². The second kappa shape index (κ2) is 5.03. The fraction of sp³-hybridized carbons (Fsp3) is 0.250. The Balaban J connectivity index is 2.83. The third-order valence-electron chi connectivity index (χ3n) is 1.50. The Morgan fingerprint density at radius 2 is 2.18 bits per heavy atom. The van der Waals surface area contributed by atoms with Crippen molar-refractivity contribution in [3.63, 3.8) is 0 Å². The first-order chi connectivity index (χ1) is 5.38. The molecule has 0 N–H and O–H groups in total. The predicted octanol–water partition coefficient (Wildman–Crippen LogP) is 4.09. The molecule has 1 atom stereocenters. The standard InChI is InChI=1S/C8H10ClPS/c1-2-7-5-3-4-6-8(7)11-10-9/h3-6,10H,2H2,1H3. The van der Waals surface area contributed by atoms with Crippen molar-refractivity contribution in [1.29, 1.82) is 0 Å². The molecule has 3 heteroatoms. The summed E-state index contributed by atoms with van der Waals surface area (Å²) < 4.78 is 0. The lowest BCUT2D eigenvalue weighted by atomic mass is 10.2. The van der Waals surface area contributed by atoms with Gasteiger partial charge in [0.05, 0.1) is 0 Å². The van der Waals surface area contributed by atoms with E-state index in [4.69, 9.17) is 11.2 Å². The predicted molar refractivity (Wildman–Crippen MR) is 55.8 cm³/mol. The van der Waals surface area contributed by atoms with Gasteiger partial charge >= 0.3 is 0 Å². The summed E-state index contributed by atoms with van der Waals surface area (Å²) in [7, 11) is 0.424.